The van der Waals surface area contributed by atoms with E-state index in [0.717, 1.165) is 48.1 Å². The van der Waals surface area contributed by atoms with Gasteiger partial charge in [0.1, 0.15) is 5.75 Å². The number of aryl methyl sites for hydroxylation is 1. The van der Waals surface area contributed by atoms with Crippen LogP contribution in [0.5, 0.6) is 5.75 Å². The van der Waals surface area contributed by atoms with Gasteiger partial charge in [-0.2, -0.15) is 5.10 Å². The second kappa shape index (κ2) is 8.50. The summed E-state index contributed by atoms with van der Waals surface area (Å²) in [5.41, 5.74) is 3.74. The van der Waals surface area contributed by atoms with Gasteiger partial charge < -0.3 is 15.0 Å². The van der Waals surface area contributed by atoms with Crippen LogP contribution in [0, 0.1) is 0 Å². The Hall–Kier alpha value is -3.42. The van der Waals surface area contributed by atoms with Crippen LogP contribution in [0.25, 0.3) is 11.0 Å². The number of carbonyl (C=O) groups is 2. The fourth-order valence-electron chi connectivity index (χ4n) is 4.86. The van der Waals surface area contributed by atoms with Crippen LogP contribution in [0.1, 0.15) is 69.6 Å². The number of aromatic nitrogens is 3. The maximum atomic E-state index is 13.3. The van der Waals surface area contributed by atoms with Crippen LogP contribution >= 0.6 is 0 Å². The highest BCUT2D eigenvalue weighted by Crippen LogP contribution is 2.41. The molecule has 1 N–H and O–H groups in total. The Morgan fingerprint density at radius 1 is 1.12 bits per heavy atom. The minimum absolute atomic E-state index is 0.0260. The molecule has 1 saturated carbocycles. The van der Waals surface area contributed by atoms with Crippen molar-refractivity contribution in [3.63, 3.8) is 0 Å². The zero-order chi connectivity index (χ0) is 23.1. The van der Waals surface area contributed by atoms with Crippen molar-refractivity contribution in [2.45, 2.75) is 37.5 Å². The summed E-state index contributed by atoms with van der Waals surface area (Å²) in [4.78, 5) is 32.9. The van der Waals surface area contributed by atoms with Crippen LogP contribution in [0.4, 0.5) is 0 Å². The summed E-state index contributed by atoms with van der Waals surface area (Å²) in [7, 11) is 5.10. The lowest BCUT2D eigenvalue weighted by Crippen LogP contribution is -2.39. The molecular weight excluding hydrogens is 418 g/mol. The number of methoxy groups -OCH3 is 1. The SMILES string of the molecule is CNC(=O)c1cc(C2CC2)nc2c1c(C1CCCN(C(=O)c3ccccc3OC)C1)nn2C. The van der Waals surface area contributed by atoms with Gasteiger partial charge in [-0.15, -0.1) is 0 Å². The monoisotopic (exact) mass is 447 g/mol. The summed E-state index contributed by atoms with van der Waals surface area (Å²) in [6.07, 6.45) is 3.99. The quantitative estimate of drug-likeness (QED) is 0.649. The Balaban J connectivity index is 1.52. The molecule has 5 rings (SSSR count). The number of nitrogens with one attached hydrogen (secondary N) is 1. The Bertz CT molecular complexity index is 1230. The lowest BCUT2D eigenvalue weighted by atomic mass is 9.91. The highest BCUT2D eigenvalue weighted by molar-refractivity contribution is 6.06. The molecule has 1 aliphatic carbocycles. The van der Waals surface area contributed by atoms with Gasteiger partial charge in [-0.25, -0.2) is 4.98 Å². The number of hydrogen-bond acceptors (Lipinski definition) is 5. The molecule has 1 aromatic carbocycles. The first-order valence-electron chi connectivity index (χ1n) is 11.5. The van der Waals surface area contributed by atoms with E-state index in [2.05, 4.69) is 5.32 Å². The summed E-state index contributed by atoms with van der Waals surface area (Å²) in [6, 6.07) is 9.25. The largest absolute Gasteiger partial charge is 0.496 e. The molecule has 1 unspecified atom stereocenters. The number of benzene rings is 1. The number of nitrogens with zero attached hydrogens (tertiary/aromatic N) is 4. The van der Waals surface area contributed by atoms with Crippen LogP contribution in [0.15, 0.2) is 30.3 Å². The third-order valence-corrected chi connectivity index (χ3v) is 6.74. The molecule has 3 aromatic rings. The zero-order valence-corrected chi connectivity index (χ0v) is 19.3. The molecule has 0 bridgehead atoms. The molecule has 3 heterocycles. The molecule has 1 aliphatic heterocycles. The Morgan fingerprint density at radius 3 is 2.64 bits per heavy atom. The van der Waals surface area contributed by atoms with Crippen LogP contribution in [-0.4, -0.2) is 58.7 Å². The van der Waals surface area contributed by atoms with Crippen molar-refractivity contribution in [1.29, 1.82) is 0 Å². The zero-order valence-electron chi connectivity index (χ0n) is 19.3. The fraction of sp³-hybridized carbons (Fsp3) is 0.440. The Labute approximate surface area is 192 Å². The summed E-state index contributed by atoms with van der Waals surface area (Å²) in [5, 5.41) is 8.41. The first-order valence-corrected chi connectivity index (χ1v) is 11.5. The van der Waals surface area contributed by atoms with E-state index in [1.807, 2.05) is 30.1 Å². The van der Waals surface area contributed by atoms with E-state index in [-0.39, 0.29) is 17.7 Å². The van der Waals surface area contributed by atoms with Gasteiger partial charge in [0.2, 0.25) is 0 Å². The summed E-state index contributed by atoms with van der Waals surface area (Å²) in [6.45, 7) is 1.23. The van der Waals surface area contributed by atoms with Crippen molar-refractivity contribution in [3.05, 3.63) is 52.8 Å². The van der Waals surface area contributed by atoms with Gasteiger partial charge in [-0.05, 0) is 43.9 Å². The molecule has 2 aromatic heterocycles. The number of ether oxygens (including phenoxy) is 1. The van der Waals surface area contributed by atoms with Gasteiger partial charge >= 0.3 is 0 Å². The highest BCUT2D eigenvalue weighted by Gasteiger charge is 2.33. The average Bonchev–Trinajstić information content (AvgIpc) is 3.66. The fourth-order valence-corrected chi connectivity index (χ4v) is 4.86. The van der Waals surface area contributed by atoms with Gasteiger partial charge in [0.05, 0.1) is 29.3 Å². The molecule has 33 heavy (non-hydrogen) atoms. The van der Waals surface area contributed by atoms with Gasteiger partial charge in [0.15, 0.2) is 5.65 Å². The number of carbonyl (C=O) groups excluding carboxylic acids is 2. The molecular formula is C25H29N5O3. The number of rotatable bonds is 5. The molecule has 8 nitrogen and oxygen atoms in total. The minimum Gasteiger partial charge on any atom is -0.496 e. The van der Waals surface area contributed by atoms with E-state index in [1.165, 1.54) is 0 Å². The van der Waals surface area contributed by atoms with Gasteiger partial charge in [-0.1, -0.05) is 12.1 Å². The average molecular weight is 448 g/mol. The second-order valence-electron chi connectivity index (χ2n) is 8.95. The molecule has 2 fully saturated rings. The molecule has 2 aliphatic rings. The van der Waals surface area contributed by atoms with Gasteiger partial charge in [-0.3, -0.25) is 14.3 Å². The standard InChI is InChI=1S/C25H29N5O3/c1-26-24(31)18-13-19(15-10-11-15)27-23-21(18)22(28-29(23)2)16-7-6-12-30(14-16)25(32)17-8-4-5-9-20(17)33-3/h4-5,8-9,13,15-16H,6-7,10-12,14H2,1-3H3,(H,26,31). The van der Waals surface area contributed by atoms with Gasteiger partial charge in [0.25, 0.3) is 11.8 Å². The third-order valence-electron chi connectivity index (χ3n) is 6.74. The number of hydrogen-bond donors (Lipinski definition) is 1. The smallest absolute Gasteiger partial charge is 0.257 e. The topological polar surface area (TPSA) is 89.3 Å². The number of amides is 2. The minimum atomic E-state index is -0.128. The van der Waals surface area contributed by atoms with E-state index < -0.39 is 0 Å². The first kappa shape index (κ1) is 21.4. The van der Waals surface area contributed by atoms with Gasteiger partial charge in [0, 0.05) is 44.7 Å². The molecule has 0 spiro atoms. The van der Waals surface area contributed by atoms with E-state index in [9.17, 15) is 9.59 Å². The molecule has 1 atom stereocenters. The number of likely N-dealkylation sites (tertiary alicyclic amines) is 1. The van der Waals surface area contributed by atoms with E-state index in [4.69, 9.17) is 14.8 Å². The Morgan fingerprint density at radius 2 is 1.91 bits per heavy atom. The molecule has 172 valence electrons. The predicted molar refractivity (Wildman–Crippen MR) is 125 cm³/mol. The number of para-hydroxylation sites is 1. The van der Waals surface area contributed by atoms with E-state index in [1.54, 1.807) is 31.0 Å². The number of fused-ring (bicyclic) bond motifs is 1. The van der Waals surface area contributed by atoms with Crippen molar-refractivity contribution >= 4 is 22.8 Å². The van der Waals surface area contributed by atoms with Crippen LogP contribution < -0.4 is 10.1 Å². The summed E-state index contributed by atoms with van der Waals surface area (Å²) >= 11 is 0. The molecule has 0 radical (unpaired) electrons. The van der Waals surface area contributed by atoms with Crippen molar-refractivity contribution in [3.8, 4) is 5.75 Å². The van der Waals surface area contributed by atoms with Crippen molar-refractivity contribution in [1.82, 2.24) is 25.0 Å². The highest BCUT2D eigenvalue weighted by atomic mass is 16.5. The maximum Gasteiger partial charge on any atom is 0.257 e. The van der Waals surface area contributed by atoms with Crippen LogP contribution in [-0.2, 0) is 7.05 Å². The van der Waals surface area contributed by atoms with Crippen LogP contribution in [0.3, 0.4) is 0 Å². The second-order valence-corrected chi connectivity index (χ2v) is 8.95. The van der Waals surface area contributed by atoms with Crippen molar-refractivity contribution in [2.75, 3.05) is 27.2 Å². The Kier molecular flexibility index (Phi) is 5.52. The number of piperidine rings is 1. The third kappa shape index (κ3) is 3.83. The van der Waals surface area contributed by atoms with E-state index in [0.29, 0.717) is 35.9 Å². The van der Waals surface area contributed by atoms with E-state index >= 15 is 0 Å². The molecule has 2 amide bonds. The first-order chi connectivity index (χ1) is 16.0. The molecule has 8 heteroatoms. The predicted octanol–water partition coefficient (Wildman–Crippen LogP) is 3.23. The maximum absolute atomic E-state index is 13.3. The summed E-state index contributed by atoms with van der Waals surface area (Å²) < 4.78 is 7.19. The summed E-state index contributed by atoms with van der Waals surface area (Å²) in [5.74, 6) is 0.860. The van der Waals surface area contributed by atoms with Crippen molar-refractivity contribution in [2.24, 2.45) is 7.05 Å². The van der Waals surface area contributed by atoms with Crippen molar-refractivity contribution < 1.29 is 14.3 Å². The number of pyridine rings is 1. The lowest BCUT2D eigenvalue weighted by molar-refractivity contribution is 0.0702. The molecule has 1 saturated heterocycles. The van der Waals surface area contributed by atoms with Crippen LogP contribution in [0.2, 0.25) is 0 Å². The lowest BCUT2D eigenvalue weighted by Gasteiger charge is -2.32. The normalized spacial score (nSPS) is 18.4.